The van der Waals surface area contributed by atoms with Crippen molar-refractivity contribution in [2.45, 2.75) is 17.9 Å². The lowest BCUT2D eigenvalue weighted by atomic mass is 10.0. The largest absolute Gasteiger partial charge is 0.499 e. The topological polar surface area (TPSA) is 55.4 Å². The van der Waals surface area contributed by atoms with Crippen LogP contribution in [0, 0.1) is 6.92 Å². The quantitative estimate of drug-likeness (QED) is 0.592. The number of benzene rings is 3. The summed E-state index contributed by atoms with van der Waals surface area (Å²) in [7, 11) is -2.20. The summed E-state index contributed by atoms with van der Waals surface area (Å²) >= 11 is 0. The summed E-state index contributed by atoms with van der Waals surface area (Å²) in [6.45, 7) is 1.92. The first-order valence-electron chi connectivity index (χ1n) is 8.94. The molecule has 4 nitrogen and oxygen atoms in total. The zero-order valence-corrected chi connectivity index (χ0v) is 16.7. The second-order valence-corrected chi connectivity index (χ2v) is 8.15. The molecule has 0 heterocycles. The highest BCUT2D eigenvalue weighted by molar-refractivity contribution is 7.89. The predicted octanol–water partition coefficient (Wildman–Crippen LogP) is 4.70. The molecule has 0 spiro atoms. The van der Waals surface area contributed by atoms with E-state index < -0.39 is 16.1 Å². The molecule has 3 aromatic carbocycles. The Balaban J connectivity index is 2.02. The summed E-state index contributed by atoms with van der Waals surface area (Å²) in [4.78, 5) is 0.217. The van der Waals surface area contributed by atoms with Crippen LogP contribution in [-0.4, -0.2) is 15.5 Å². The zero-order valence-electron chi connectivity index (χ0n) is 15.9. The van der Waals surface area contributed by atoms with Crippen molar-refractivity contribution in [1.82, 2.24) is 4.72 Å². The Morgan fingerprint density at radius 3 is 2.04 bits per heavy atom. The molecule has 0 aromatic heterocycles. The SMILES string of the molecule is CO/C(=C\c1ccccc1)C(NS(=O)(=O)c1ccc(C)cc1)c1ccccc1. The van der Waals surface area contributed by atoms with Gasteiger partial charge in [0.25, 0.3) is 0 Å². The number of rotatable bonds is 7. The van der Waals surface area contributed by atoms with E-state index in [1.54, 1.807) is 31.4 Å². The Hall–Kier alpha value is -2.89. The van der Waals surface area contributed by atoms with Crippen molar-refractivity contribution >= 4 is 16.1 Å². The summed E-state index contributed by atoms with van der Waals surface area (Å²) in [5.74, 6) is 0.507. The van der Waals surface area contributed by atoms with Crippen molar-refractivity contribution in [3.05, 3.63) is 107 Å². The number of sulfonamides is 1. The van der Waals surface area contributed by atoms with Gasteiger partial charge in [0, 0.05) is 0 Å². The van der Waals surface area contributed by atoms with Gasteiger partial charge in [-0.3, -0.25) is 0 Å². The molecule has 1 N–H and O–H groups in total. The number of methoxy groups -OCH3 is 1. The molecule has 0 aliphatic heterocycles. The average molecular weight is 394 g/mol. The molecule has 0 saturated carbocycles. The zero-order chi connectivity index (χ0) is 20.0. The van der Waals surface area contributed by atoms with Crippen molar-refractivity contribution in [2.75, 3.05) is 7.11 Å². The summed E-state index contributed by atoms with van der Waals surface area (Å²) in [6.07, 6.45) is 1.84. The van der Waals surface area contributed by atoms with Crippen LogP contribution in [0.5, 0.6) is 0 Å². The first-order chi connectivity index (χ1) is 13.5. The van der Waals surface area contributed by atoms with E-state index >= 15 is 0 Å². The van der Waals surface area contributed by atoms with Gasteiger partial charge in [0.2, 0.25) is 10.0 Å². The van der Waals surface area contributed by atoms with Gasteiger partial charge < -0.3 is 4.74 Å². The van der Waals surface area contributed by atoms with Gasteiger partial charge in [-0.1, -0.05) is 78.4 Å². The van der Waals surface area contributed by atoms with Crippen LogP contribution in [0.15, 0.2) is 95.6 Å². The van der Waals surface area contributed by atoms with E-state index in [2.05, 4.69) is 4.72 Å². The summed E-state index contributed by atoms with van der Waals surface area (Å²) < 4.78 is 34.4. The molecule has 0 bridgehead atoms. The Morgan fingerprint density at radius 2 is 1.46 bits per heavy atom. The third-order valence-electron chi connectivity index (χ3n) is 4.37. The molecule has 0 amide bonds. The summed E-state index contributed by atoms with van der Waals surface area (Å²) in [6, 6.07) is 25.2. The first-order valence-corrected chi connectivity index (χ1v) is 10.4. The Labute approximate surface area is 166 Å². The highest BCUT2D eigenvalue weighted by Gasteiger charge is 2.25. The first kappa shape index (κ1) is 19.9. The van der Waals surface area contributed by atoms with Gasteiger partial charge in [-0.15, -0.1) is 0 Å². The third-order valence-corrected chi connectivity index (χ3v) is 5.80. The van der Waals surface area contributed by atoms with Crippen molar-refractivity contribution in [2.24, 2.45) is 0 Å². The van der Waals surface area contributed by atoms with E-state index in [0.29, 0.717) is 5.76 Å². The van der Waals surface area contributed by atoms with Crippen LogP contribution in [0.1, 0.15) is 22.7 Å². The Morgan fingerprint density at radius 1 is 0.893 bits per heavy atom. The van der Waals surface area contributed by atoms with Gasteiger partial charge in [0.15, 0.2) is 0 Å². The van der Waals surface area contributed by atoms with Gasteiger partial charge >= 0.3 is 0 Å². The molecular weight excluding hydrogens is 370 g/mol. The minimum Gasteiger partial charge on any atom is -0.499 e. The highest BCUT2D eigenvalue weighted by atomic mass is 32.2. The average Bonchev–Trinajstić information content (AvgIpc) is 2.72. The Kier molecular flexibility index (Phi) is 6.29. The smallest absolute Gasteiger partial charge is 0.241 e. The van der Waals surface area contributed by atoms with Gasteiger partial charge in [0.05, 0.1) is 12.0 Å². The predicted molar refractivity (Wildman–Crippen MR) is 112 cm³/mol. The maximum absolute atomic E-state index is 13.0. The molecule has 28 heavy (non-hydrogen) atoms. The lowest BCUT2D eigenvalue weighted by Crippen LogP contribution is -2.30. The molecule has 0 saturated heterocycles. The van der Waals surface area contributed by atoms with Crippen molar-refractivity contribution in [3.8, 4) is 0 Å². The van der Waals surface area contributed by atoms with Crippen LogP contribution in [0.2, 0.25) is 0 Å². The fourth-order valence-electron chi connectivity index (χ4n) is 2.85. The number of nitrogens with one attached hydrogen (secondary N) is 1. The van der Waals surface area contributed by atoms with E-state index in [9.17, 15) is 8.42 Å². The monoisotopic (exact) mass is 393 g/mol. The number of hydrogen-bond donors (Lipinski definition) is 1. The highest BCUT2D eigenvalue weighted by Crippen LogP contribution is 2.27. The molecule has 0 radical (unpaired) electrons. The second kappa shape index (κ2) is 8.87. The third kappa shape index (κ3) is 4.88. The van der Waals surface area contributed by atoms with Crippen LogP contribution in [0.4, 0.5) is 0 Å². The minimum absolute atomic E-state index is 0.217. The fourth-order valence-corrected chi connectivity index (χ4v) is 4.04. The van der Waals surface area contributed by atoms with E-state index in [1.807, 2.05) is 73.7 Å². The lowest BCUT2D eigenvalue weighted by molar-refractivity contribution is 0.264. The van der Waals surface area contributed by atoms with Crippen molar-refractivity contribution in [3.63, 3.8) is 0 Å². The summed E-state index contributed by atoms with van der Waals surface area (Å²) in [5, 5.41) is 0. The van der Waals surface area contributed by atoms with Crippen LogP contribution in [0.25, 0.3) is 6.08 Å². The molecule has 3 aromatic rings. The maximum Gasteiger partial charge on any atom is 0.241 e. The number of aryl methyl sites for hydroxylation is 1. The molecule has 0 fully saturated rings. The second-order valence-electron chi connectivity index (χ2n) is 6.44. The van der Waals surface area contributed by atoms with Gasteiger partial charge in [-0.2, -0.15) is 4.72 Å². The minimum atomic E-state index is -3.74. The van der Waals surface area contributed by atoms with Crippen molar-refractivity contribution in [1.29, 1.82) is 0 Å². The van der Waals surface area contributed by atoms with E-state index in [1.165, 1.54) is 0 Å². The van der Waals surface area contributed by atoms with Crippen LogP contribution in [0.3, 0.4) is 0 Å². The molecule has 5 heteroatoms. The van der Waals surface area contributed by atoms with Crippen LogP contribution >= 0.6 is 0 Å². The maximum atomic E-state index is 13.0. The molecule has 1 unspecified atom stereocenters. The number of ether oxygens (including phenoxy) is 1. The molecular formula is C23H23NO3S. The van der Waals surface area contributed by atoms with Crippen LogP contribution < -0.4 is 4.72 Å². The molecule has 1 atom stereocenters. The Bertz CT molecular complexity index is 1030. The lowest BCUT2D eigenvalue weighted by Gasteiger charge is -2.22. The molecule has 144 valence electrons. The van der Waals surface area contributed by atoms with Gasteiger partial charge in [-0.25, -0.2) is 8.42 Å². The van der Waals surface area contributed by atoms with E-state index in [-0.39, 0.29) is 4.90 Å². The molecule has 0 aliphatic carbocycles. The van der Waals surface area contributed by atoms with Gasteiger partial charge in [-0.05, 0) is 36.3 Å². The summed E-state index contributed by atoms with van der Waals surface area (Å²) in [5.41, 5.74) is 2.72. The molecule has 3 rings (SSSR count). The van der Waals surface area contributed by atoms with E-state index in [4.69, 9.17) is 4.74 Å². The van der Waals surface area contributed by atoms with Crippen LogP contribution in [-0.2, 0) is 14.8 Å². The molecule has 0 aliphatic rings. The normalized spacial score (nSPS) is 13.1. The standard InChI is InChI=1S/C23H23NO3S/c1-18-13-15-21(16-14-18)28(25,26)24-23(20-11-7-4-8-12-20)22(27-2)17-19-9-5-3-6-10-19/h3-17,23-24H,1-2H3/b22-17-. The van der Waals surface area contributed by atoms with E-state index in [0.717, 1.165) is 16.7 Å². The fraction of sp³-hybridized carbons (Fsp3) is 0.130. The number of hydrogen-bond acceptors (Lipinski definition) is 3. The van der Waals surface area contributed by atoms with Crippen molar-refractivity contribution < 1.29 is 13.2 Å². The van der Waals surface area contributed by atoms with Gasteiger partial charge in [0.1, 0.15) is 11.8 Å².